The van der Waals surface area contributed by atoms with Crippen LogP contribution in [0.15, 0.2) is 29.3 Å². The molecule has 1 aromatic carbocycles. The zero-order valence-electron chi connectivity index (χ0n) is 17.8. The number of nitrogens with one attached hydrogen (secondary N) is 2. The summed E-state index contributed by atoms with van der Waals surface area (Å²) in [5.41, 5.74) is 3.03. The van der Waals surface area contributed by atoms with E-state index in [2.05, 4.69) is 51.7 Å². The Hall–Kier alpha value is -2.04. The highest BCUT2D eigenvalue weighted by Gasteiger charge is 2.36. The van der Waals surface area contributed by atoms with Gasteiger partial charge in [-0.1, -0.05) is 42.7 Å². The second-order valence-corrected chi connectivity index (χ2v) is 8.57. The van der Waals surface area contributed by atoms with E-state index in [-0.39, 0.29) is 11.3 Å². The Morgan fingerprint density at radius 3 is 2.57 bits per heavy atom. The predicted molar refractivity (Wildman–Crippen MR) is 116 cm³/mol. The molecule has 5 nitrogen and oxygen atoms in total. The maximum absolute atomic E-state index is 11.6. The van der Waals surface area contributed by atoms with Crippen molar-refractivity contribution in [2.45, 2.75) is 57.3 Å². The number of amides is 1. The van der Waals surface area contributed by atoms with E-state index in [1.54, 1.807) is 7.05 Å². The van der Waals surface area contributed by atoms with E-state index < -0.39 is 0 Å². The number of hydrogen-bond acceptors (Lipinski definition) is 2. The molecular formula is C23H36N4O. The van der Waals surface area contributed by atoms with Gasteiger partial charge in [-0.15, -0.1) is 0 Å². The van der Waals surface area contributed by atoms with Gasteiger partial charge in [-0.05, 0) is 44.1 Å². The molecule has 1 amide bonds. The van der Waals surface area contributed by atoms with Crippen molar-refractivity contribution < 1.29 is 4.79 Å². The normalized spacial score (nSPS) is 20.2. The lowest BCUT2D eigenvalue weighted by Gasteiger charge is -2.36. The van der Waals surface area contributed by atoms with Gasteiger partial charge in [0.2, 0.25) is 5.91 Å². The average Bonchev–Trinajstić information content (AvgIpc) is 3.20. The van der Waals surface area contributed by atoms with E-state index in [9.17, 15) is 4.79 Å². The smallest absolute Gasteiger partial charge is 0.220 e. The van der Waals surface area contributed by atoms with Crippen molar-refractivity contribution >= 4 is 11.9 Å². The number of carbonyl (C=O) groups is 1. The Morgan fingerprint density at radius 1 is 1.25 bits per heavy atom. The number of aryl methyl sites for hydroxylation is 1. The van der Waals surface area contributed by atoms with Crippen LogP contribution in [0, 0.1) is 12.8 Å². The molecular weight excluding hydrogens is 348 g/mol. The number of piperidine rings is 1. The molecule has 0 bridgehead atoms. The summed E-state index contributed by atoms with van der Waals surface area (Å²) < 4.78 is 0. The van der Waals surface area contributed by atoms with Crippen molar-refractivity contribution in [1.29, 1.82) is 0 Å². The number of hydrogen-bond donors (Lipinski definition) is 2. The standard InChI is InChI=1S/C23H36N4O/c1-18-7-6-8-20(15-18)23(11-4-5-12-23)17-26-22(25-3)27-13-9-19(10-14-27)16-21(28)24-2/h6-8,15,19H,4-5,9-14,16-17H2,1-3H3,(H,24,28)(H,25,26). The van der Waals surface area contributed by atoms with Crippen LogP contribution in [0.25, 0.3) is 0 Å². The minimum Gasteiger partial charge on any atom is -0.359 e. The molecule has 0 aromatic heterocycles. The van der Waals surface area contributed by atoms with Gasteiger partial charge in [-0.25, -0.2) is 0 Å². The third-order valence-electron chi connectivity index (χ3n) is 6.65. The third kappa shape index (κ3) is 4.86. The molecule has 2 N–H and O–H groups in total. The lowest BCUT2D eigenvalue weighted by atomic mass is 9.78. The fraction of sp³-hybridized carbons (Fsp3) is 0.652. The van der Waals surface area contributed by atoms with E-state index >= 15 is 0 Å². The van der Waals surface area contributed by atoms with Crippen LogP contribution in [0.1, 0.15) is 56.1 Å². The first-order valence-electron chi connectivity index (χ1n) is 10.8. The highest BCUT2D eigenvalue weighted by Crippen LogP contribution is 2.41. The SMILES string of the molecule is CN=C(NCC1(c2cccc(C)c2)CCCC1)N1CCC(CC(=O)NC)CC1. The van der Waals surface area contributed by atoms with Crippen LogP contribution in [0.3, 0.4) is 0 Å². The van der Waals surface area contributed by atoms with Crippen LogP contribution in [0.4, 0.5) is 0 Å². The van der Waals surface area contributed by atoms with Gasteiger partial charge in [0.05, 0.1) is 0 Å². The summed E-state index contributed by atoms with van der Waals surface area (Å²) >= 11 is 0. The Balaban J connectivity index is 1.60. The van der Waals surface area contributed by atoms with Crippen LogP contribution in [-0.4, -0.2) is 50.5 Å². The van der Waals surface area contributed by atoms with Crippen molar-refractivity contribution in [3.8, 4) is 0 Å². The van der Waals surface area contributed by atoms with Gasteiger partial charge in [0.1, 0.15) is 0 Å². The highest BCUT2D eigenvalue weighted by molar-refractivity contribution is 5.80. The molecule has 5 heteroatoms. The molecule has 0 radical (unpaired) electrons. The maximum atomic E-state index is 11.6. The van der Waals surface area contributed by atoms with Gasteiger partial charge >= 0.3 is 0 Å². The summed E-state index contributed by atoms with van der Waals surface area (Å²) in [6, 6.07) is 9.03. The Labute approximate surface area is 170 Å². The van der Waals surface area contributed by atoms with Gasteiger partial charge in [0, 0.05) is 45.6 Å². The minimum absolute atomic E-state index is 0.155. The molecule has 0 unspecified atom stereocenters. The monoisotopic (exact) mass is 384 g/mol. The second kappa shape index (κ2) is 9.44. The van der Waals surface area contributed by atoms with Gasteiger partial charge in [0.15, 0.2) is 5.96 Å². The first-order chi connectivity index (χ1) is 13.6. The van der Waals surface area contributed by atoms with Crippen molar-refractivity contribution in [3.63, 3.8) is 0 Å². The third-order valence-corrected chi connectivity index (χ3v) is 6.65. The van der Waals surface area contributed by atoms with Crippen LogP contribution in [0.2, 0.25) is 0 Å². The summed E-state index contributed by atoms with van der Waals surface area (Å²) in [6.45, 7) is 5.07. The molecule has 3 rings (SSSR count). The fourth-order valence-corrected chi connectivity index (χ4v) is 4.89. The fourth-order valence-electron chi connectivity index (χ4n) is 4.89. The molecule has 2 aliphatic rings. The largest absolute Gasteiger partial charge is 0.359 e. The molecule has 1 aromatic rings. The van der Waals surface area contributed by atoms with Crippen LogP contribution < -0.4 is 10.6 Å². The van der Waals surface area contributed by atoms with Crippen LogP contribution >= 0.6 is 0 Å². The number of rotatable bonds is 5. The van der Waals surface area contributed by atoms with E-state index in [4.69, 9.17) is 0 Å². The average molecular weight is 385 g/mol. The van der Waals surface area contributed by atoms with Crippen molar-refractivity contribution in [3.05, 3.63) is 35.4 Å². The molecule has 28 heavy (non-hydrogen) atoms. The van der Waals surface area contributed by atoms with Gasteiger partial charge < -0.3 is 15.5 Å². The second-order valence-electron chi connectivity index (χ2n) is 8.57. The summed E-state index contributed by atoms with van der Waals surface area (Å²) in [6.07, 6.45) is 7.85. The Bertz CT molecular complexity index is 686. The zero-order chi connectivity index (χ0) is 20.0. The molecule has 0 spiro atoms. The molecule has 2 fully saturated rings. The first-order valence-corrected chi connectivity index (χ1v) is 10.8. The number of likely N-dealkylation sites (tertiary alicyclic amines) is 1. The minimum atomic E-state index is 0.155. The van der Waals surface area contributed by atoms with Crippen LogP contribution in [0.5, 0.6) is 0 Å². The zero-order valence-corrected chi connectivity index (χ0v) is 17.8. The number of nitrogens with zero attached hydrogens (tertiary/aromatic N) is 2. The topological polar surface area (TPSA) is 56.7 Å². The van der Waals surface area contributed by atoms with Crippen molar-refractivity contribution in [1.82, 2.24) is 15.5 Å². The molecule has 1 saturated carbocycles. The number of carbonyl (C=O) groups excluding carboxylic acids is 1. The molecule has 1 saturated heterocycles. The summed E-state index contributed by atoms with van der Waals surface area (Å²) in [5, 5.41) is 6.45. The summed E-state index contributed by atoms with van der Waals surface area (Å²) in [5.74, 6) is 1.65. The molecule has 154 valence electrons. The van der Waals surface area contributed by atoms with E-state index in [1.807, 2.05) is 7.05 Å². The number of aliphatic imine (C=N–C) groups is 1. The highest BCUT2D eigenvalue weighted by atomic mass is 16.1. The molecule has 1 aliphatic heterocycles. The molecule has 1 heterocycles. The lowest BCUT2D eigenvalue weighted by Crippen LogP contribution is -2.49. The summed E-state index contributed by atoms with van der Waals surface area (Å²) in [4.78, 5) is 18.6. The van der Waals surface area contributed by atoms with Crippen LogP contribution in [-0.2, 0) is 10.2 Å². The van der Waals surface area contributed by atoms with E-state index in [0.717, 1.165) is 38.4 Å². The van der Waals surface area contributed by atoms with Crippen molar-refractivity contribution in [2.24, 2.45) is 10.9 Å². The van der Waals surface area contributed by atoms with Gasteiger partial charge in [0.25, 0.3) is 0 Å². The summed E-state index contributed by atoms with van der Waals surface area (Å²) in [7, 11) is 3.60. The van der Waals surface area contributed by atoms with Crippen molar-refractivity contribution in [2.75, 3.05) is 33.7 Å². The molecule has 1 aliphatic carbocycles. The number of guanidine groups is 1. The molecule has 0 atom stereocenters. The lowest BCUT2D eigenvalue weighted by molar-refractivity contribution is -0.121. The number of benzene rings is 1. The van der Waals surface area contributed by atoms with E-state index in [1.165, 1.54) is 36.8 Å². The first kappa shape index (κ1) is 20.7. The Kier molecular flexibility index (Phi) is 6.97. The predicted octanol–water partition coefficient (Wildman–Crippen LogP) is 3.23. The maximum Gasteiger partial charge on any atom is 0.220 e. The van der Waals surface area contributed by atoms with Gasteiger partial charge in [-0.2, -0.15) is 0 Å². The van der Waals surface area contributed by atoms with E-state index in [0.29, 0.717) is 12.3 Å². The Morgan fingerprint density at radius 2 is 1.96 bits per heavy atom. The van der Waals surface area contributed by atoms with Gasteiger partial charge in [-0.3, -0.25) is 9.79 Å². The quantitative estimate of drug-likeness (QED) is 0.605.